The second-order valence-corrected chi connectivity index (χ2v) is 13.7. The van der Waals surface area contributed by atoms with Crippen molar-refractivity contribution in [1.29, 1.82) is 0 Å². The molecule has 0 aliphatic carbocycles. The Morgan fingerprint density at radius 1 is 0.932 bits per heavy atom. The van der Waals surface area contributed by atoms with Gasteiger partial charge in [0.05, 0.1) is 18.6 Å². The fourth-order valence-corrected chi connectivity index (χ4v) is 6.19. The van der Waals surface area contributed by atoms with Gasteiger partial charge >= 0.3 is 0 Å². The lowest BCUT2D eigenvalue weighted by Gasteiger charge is -2.32. The Morgan fingerprint density at radius 2 is 1.57 bits per heavy atom. The van der Waals surface area contributed by atoms with Gasteiger partial charge in [0.1, 0.15) is 11.8 Å². The van der Waals surface area contributed by atoms with Gasteiger partial charge < -0.3 is 15.0 Å². The first kappa shape index (κ1) is 35.2. The molecule has 0 aliphatic rings. The summed E-state index contributed by atoms with van der Waals surface area (Å²) in [6.45, 7) is 6.89. The number of hydrogen-bond acceptors (Lipinski definition) is 5. The van der Waals surface area contributed by atoms with Crippen molar-refractivity contribution >= 4 is 50.7 Å². The molecule has 3 aromatic rings. The van der Waals surface area contributed by atoms with Crippen LogP contribution in [0.2, 0.25) is 10.0 Å². The molecule has 1 atom stereocenters. The molecule has 44 heavy (non-hydrogen) atoms. The molecule has 8 nitrogen and oxygen atoms in total. The van der Waals surface area contributed by atoms with Crippen LogP contribution in [-0.2, 0) is 32.6 Å². The van der Waals surface area contributed by atoms with E-state index >= 15 is 0 Å². The first-order valence-electron chi connectivity index (χ1n) is 14.6. The normalized spacial score (nSPS) is 12.1. The minimum atomic E-state index is -3.64. The van der Waals surface area contributed by atoms with E-state index in [0.717, 1.165) is 11.8 Å². The summed E-state index contributed by atoms with van der Waals surface area (Å²) in [6, 6.07) is 20.5. The van der Waals surface area contributed by atoms with E-state index in [1.165, 1.54) is 9.21 Å². The summed E-state index contributed by atoms with van der Waals surface area (Å²) in [5.74, 6) is 0.241. The summed E-state index contributed by atoms with van der Waals surface area (Å²) in [5, 5.41) is 3.75. The maximum atomic E-state index is 14.0. The molecule has 1 N–H and O–H groups in total. The van der Waals surface area contributed by atoms with Crippen LogP contribution in [0.1, 0.15) is 44.7 Å². The van der Waals surface area contributed by atoms with Crippen LogP contribution in [0.3, 0.4) is 0 Å². The fraction of sp³-hybridized carbons (Fsp3) is 0.394. The van der Waals surface area contributed by atoms with Crippen molar-refractivity contribution in [3.05, 3.63) is 94.0 Å². The van der Waals surface area contributed by atoms with Crippen molar-refractivity contribution in [3.8, 4) is 5.75 Å². The number of anilines is 1. The molecule has 0 spiro atoms. The number of nitrogens with zero attached hydrogens (tertiary/aromatic N) is 2. The summed E-state index contributed by atoms with van der Waals surface area (Å²) >= 11 is 13.0. The molecular formula is C33H41Cl2N3O5S. The van der Waals surface area contributed by atoms with E-state index in [9.17, 15) is 18.0 Å². The predicted molar refractivity (Wildman–Crippen MR) is 178 cm³/mol. The van der Waals surface area contributed by atoms with Gasteiger partial charge in [-0.1, -0.05) is 73.4 Å². The smallest absolute Gasteiger partial charge is 0.243 e. The number of nitrogens with one attached hydrogen (secondary N) is 1. The molecule has 2 amide bonds. The maximum Gasteiger partial charge on any atom is 0.243 e. The minimum Gasteiger partial charge on any atom is -0.494 e. The van der Waals surface area contributed by atoms with Crippen LogP contribution in [0, 0.1) is 5.92 Å². The van der Waals surface area contributed by atoms with Gasteiger partial charge in [-0.05, 0) is 61.2 Å². The van der Waals surface area contributed by atoms with Gasteiger partial charge in [-0.3, -0.25) is 13.9 Å². The summed E-state index contributed by atoms with van der Waals surface area (Å²) in [4.78, 5) is 29.2. The molecule has 0 fully saturated rings. The zero-order valence-electron chi connectivity index (χ0n) is 25.6. The highest BCUT2D eigenvalue weighted by atomic mass is 35.5. The standard InChI is InChI=1S/C33H41Cl2N3O5S/c1-5-43-27-18-16-26(17-19-27)38(44(4,41)42)20-10-15-32(39)37(23-28-29(34)13-9-14-30(28)35)31(33(40)36-22-24(2)3)21-25-11-7-6-8-12-25/h6-9,11-14,16-19,24,31H,5,10,15,20-23H2,1-4H3,(H,36,40)/t31-/m0/s1. The lowest BCUT2D eigenvalue weighted by atomic mass is 10.0. The summed E-state index contributed by atoms with van der Waals surface area (Å²) in [5.41, 5.74) is 1.89. The maximum absolute atomic E-state index is 14.0. The lowest BCUT2D eigenvalue weighted by Crippen LogP contribution is -2.51. The molecule has 0 aromatic heterocycles. The van der Waals surface area contributed by atoms with E-state index in [0.29, 0.717) is 40.2 Å². The Balaban J connectivity index is 1.90. The third-order valence-electron chi connectivity index (χ3n) is 6.93. The molecule has 11 heteroatoms. The van der Waals surface area contributed by atoms with E-state index in [1.54, 1.807) is 42.5 Å². The van der Waals surface area contributed by atoms with Gasteiger partial charge in [0.15, 0.2) is 0 Å². The summed E-state index contributed by atoms with van der Waals surface area (Å²) < 4.78 is 32.2. The number of ether oxygens (including phenoxy) is 1. The van der Waals surface area contributed by atoms with Crippen molar-refractivity contribution in [2.24, 2.45) is 5.92 Å². The van der Waals surface area contributed by atoms with Gasteiger partial charge in [-0.2, -0.15) is 0 Å². The fourth-order valence-electron chi connectivity index (χ4n) is 4.71. The molecule has 0 radical (unpaired) electrons. The van der Waals surface area contributed by atoms with Gasteiger partial charge in [0.2, 0.25) is 21.8 Å². The van der Waals surface area contributed by atoms with Crippen molar-refractivity contribution in [1.82, 2.24) is 10.2 Å². The monoisotopic (exact) mass is 661 g/mol. The highest BCUT2D eigenvalue weighted by molar-refractivity contribution is 7.92. The molecule has 238 valence electrons. The Hall–Kier alpha value is -3.27. The number of carbonyl (C=O) groups is 2. The molecule has 3 aromatic carbocycles. The molecular weight excluding hydrogens is 621 g/mol. The zero-order valence-corrected chi connectivity index (χ0v) is 28.0. The predicted octanol–water partition coefficient (Wildman–Crippen LogP) is 6.35. The largest absolute Gasteiger partial charge is 0.494 e. The van der Waals surface area contributed by atoms with Crippen LogP contribution in [0.5, 0.6) is 5.75 Å². The van der Waals surface area contributed by atoms with E-state index < -0.39 is 16.1 Å². The first-order valence-corrected chi connectivity index (χ1v) is 17.3. The third kappa shape index (κ3) is 10.4. The van der Waals surface area contributed by atoms with Crippen LogP contribution in [0.4, 0.5) is 5.69 Å². The molecule has 0 bridgehead atoms. The van der Waals surface area contributed by atoms with Crippen molar-refractivity contribution < 1.29 is 22.7 Å². The summed E-state index contributed by atoms with van der Waals surface area (Å²) in [6.07, 6.45) is 1.62. The SMILES string of the molecule is CCOc1ccc(N(CCCC(=O)N(Cc2c(Cl)cccc2Cl)[C@@H](Cc2ccccc2)C(=O)NCC(C)C)S(C)(=O)=O)cc1. The Bertz CT molecular complexity index is 1460. The van der Waals surface area contributed by atoms with E-state index in [-0.39, 0.29) is 50.1 Å². The van der Waals surface area contributed by atoms with E-state index in [2.05, 4.69) is 5.32 Å². The van der Waals surface area contributed by atoms with Crippen molar-refractivity contribution in [2.75, 3.05) is 30.3 Å². The number of halogens is 2. The number of sulfonamides is 1. The first-order chi connectivity index (χ1) is 20.9. The summed E-state index contributed by atoms with van der Waals surface area (Å²) in [7, 11) is -3.64. The highest BCUT2D eigenvalue weighted by Gasteiger charge is 2.31. The molecule has 3 rings (SSSR count). The van der Waals surface area contributed by atoms with Crippen LogP contribution in [0.15, 0.2) is 72.8 Å². The molecule has 0 saturated heterocycles. The van der Waals surface area contributed by atoms with Crippen LogP contribution in [0.25, 0.3) is 0 Å². The third-order valence-corrected chi connectivity index (χ3v) is 8.84. The molecule has 0 unspecified atom stereocenters. The van der Waals surface area contributed by atoms with Gasteiger partial charge in [0.25, 0.3) is 0 Å². The molecule has 0 heterocycles. The van der Waals surface area contributed by atoms with Crippen molar-refractivity contribution in [2.45, 2.75) is 52.6 Å². The molecule has 0 saturated carbocycles. The Kier molecular flexibility index (Phi) is 13.4. The number of carbonyl (C=O) groups excluding carboxylic acids is 2. The van der Waals surface area contributed by atoms with E-state index in [4.69, 9.17) is 27.9 Å². The van der Waals surface area contributed by atoms with Crippen LogP contribution < -0.4 is 14.4 Å². The number of rotatable bonds is 16. The Labute approximate surface area is 271 Å². The zero-order chi connectivity index (χ0) is 32.3. The average molecular weight is 663 g/mol. The minimum absolute atomic E-state index is 0.00608. The number of benzene rings is 3. The second kappa shape index (κ2) is 16.7. The van der Waals surface area contributed by atoms with Crippen LogP contribution in [-0.4, -0.2) is 57.1 Å². The van der Waals surface area contributed by atoms with Crippen molar-refractivity contribution in [3.63, 3.8) is 0 Å². The van der Waals surface area contributed by atoms with Gasteiger partial charge in [-0.15, -0.1) is 0 Å². The number of hydrogen-bond donors (Lipinski definition) is 1. The van der Waals surface area contributed by atoms with Crippen LogP contribution >= 0.6 is 23.2 Å². The topological polar surface area (TPSA) is 96.0 Å². The highest BCUT2D eigenvalue weighted by Crippen LogP contribution is 2.28. The average Bonchev–Trinajstić information content (AvgIpc) is 2.97. The molecule has 0 aliphatic heterocycles. The quantitative estimate of drug-likeness (QED) is 0.193. The Morgan fingerprint density at radius 3 is 2.14 bits per heavy atom. The second-order valence-electron chi connectivity index (χ2n) is 10.9. The number of amides is 2. The van der Waals surface area contributed by atoms with Gasteiger partial charge in [-0.25, -0.2) is 8.42 Å². The lowest BCUT2D eigenvalue weighted by molar-refractivity contribution is -0.141. The van der Waals surface area contributed by atoms with Gasteiger partial charge in [0, 0.05) is 48.1 Å². The van der Waals surface area contributed by atoms with E-state index in [1.807, 2.05) is 51.1 Å².